The average Bonchev–Trinajstić information content (AvgIpc) is 3.17. The smallest absolute Gasteiger partial charge is 0.161 e. The van der Waals surface area contributed by atoms with Gasteiger partial charge in [-0.2, -0.15) is 0 Å². The van der Waals surface area contributed by atoms with Crippen LogP contribution < -0.4 is 14.8 Å². The molecule has 2 aromatic carbocycles. The second-order valence-corrected chi connectivity index (χ2v) is 7.38. The van der Waals surface area contributed by atoms with Gasteiger partial charge in [0.1, 0.15) is 17.7 Å². The van der Waals surface area contributed by atoms with Crippen LogP contribution >= 0.6 is 0 Å². The Hall–Kier alpha value is -2.92. The maximum Gasteiger partial charge on any atom is 0.161 e. The molecule has 2 atom stereocenters. The SMILES string of the molecule is COc1cc2c(cc1OC)[C@@H]1c3ccccc3N[C@H](c3ccc(C)o3)N1CC2. The highest BCUT2D eigenvalue weighted by atomic mass is 16.5. The minimum atomic E-state index is -0.00477. The van der Waals surface area contributed by atoms with E-state index >= 15 is 0 Å². The number of hydrogen-bond acceptors (Lipinski definition) is 5. The van der Waals surface area contributed by atoms with E-state index < -0.39 is 0 Å². The molecule has 2 aliphatic heterocycles. The van der Waals surface area contributed by atoms with E-state index in [1.165, 1.54) is 16.7 Å². The van der Waals surface area contributed by atoms with Gasteiger partial charge in [0.15, 0.2) is 11.5 Å². The summed E-state index contributed by atoms with van der Waals surface area (Å²) in [5, 5.41) is 3.68. The van der Waals surface area contributed by atoms with Crippen molar-refractivity contribution < 1.29 is 13.9 Å². The average molecular weight is 376 g/mol. The predicted molar refractivity (Wildman–Crippen MR) is 108 cm³/mol. The van der Waals surface area contributed by atoms with Crippen LogP contribution in [0, 0.1) is 6.92 Å². The zero-order valence-corrected chi connectivity index (χ0v) is 16.4. The number of methoxy groups -OCH3 is 2. The minimum absolute atomic E-state index is 0.00477. The van der Waals surface area contributed by atoms with Crippen molar-refractivity contribution in [3.8, 4) is 11.5 Å². The van der Waals surface area contributed by atoms with Gasteiger partial charge in [-0.3, -0.25) is 4.90 Å². The second kappa shape index (κ2) is 6.60. The van der Waals surface area contributed by atoms with E-state index in [-0.39, 0.29) is 12.2 Å². The van der Waals surface area contributed by atoms with Crippen molar-refractivity contribution in [1.82, 2.24) is 4.90 Å². The molecule has 0 aliphatic carbocycles. The van der Waals surface area contributed by atoms with Crippen molar-refractivity contribution in [1.29, 1.82) is 0 Å². The van der Waals surface area contributed by atoms with Crippen molar-refractivity contribution in [3.63, 3.8) is 0 Å². The first-order valence-electron chi connectivity index (χ1n) is 9.62. The number of hydrogen-bond donors (Lipinski definition) is 1. The summed E-state index contributed by atoms with van der Waals surface area (Å²) < 4.78 is 17.1. The predicted octanol–water partition coefficient (Wildman–Crippen LogP) is 4.68. The van der Waals surface area contributed by atoms with Crippen molar-refractivity contribution >= 4 is 5.69 Å². The van der Waals surface area contributed by atoms with E-state index in [0.717, 1.165) is 41.7 Å². The second-order valence-electron chi connectivity index (χ2n) is 7.38. The van der Waals surface area contributed by atoms with Gasteiger partial charge >= 0.3 is 0 Å². The molecule has 3 heterocycles. The molecule has 0 saturated carbocycles. The van der Waals surface area contributed by atoms with Crippen LogP contribution in [0.2, 0.25) is 0 Å². The maximum absolute atomic E-state index is 6.01. The van der Waals surface area contributed by atoms with Crippen LogP contribution in [0.1, 0.15) is 40.4 Å². The van der Waals surface area contributed by atoms with Crippen LogP contribution in [0.3, 0.4) is 0 Å². The van der Waals surface area contributed by atoms with Gasteiger partial charge in [0, 0.05) is 12.2 Å². The highest BCUT2D eigenvalue weighted by Gasteiger charge is 2.40. The van der Waals surface area contributed by atoms with Crippen LogP contribution in [0.5, 0.6) is 11.5 Å². The van der Waals surface area contributed by atoms with E-state index in [0.29, 0.717) is 0 Å². The molecule has 0 unspecified atom stereocenters. The molecule has 0 saturated heterocycles. The summed E-state index contributed by atoms with van der Waals surface area (Å²) in [6.07, 6.45) is 0.946. The molecule has 0 radical (unpaired) electrons. The molecule has 0 spiro atoms. The van der Waals surface area contributed by atoms with Gasteiger partial charge in [-0.15, -0.1) is 0 Å². The summed E-state index contributed by atoms with van der Waals surface area (Å²) in [7, 11) is 3.38. The quantitative estimate of drug-likeness (QED) is 0.719. The van der Waals surface area contributed by atoms with Gasteiger partial charge in [0.05, 0.1) is 20.3 Å². The fourth-order valence-corrected chi connectivity index (χ4v) is 4.52. The van der Waals surface area contributed by atoms with Crippen LogP contribution in [-0.4, -0.2) is 25.7 Å². The number of rotatable bonds is 3. The van der Waals surface area contributed by atoms with Gasteiger partial charge in [0.2, 0.25) is 0 Å². The molecule has 144 valence electrons. The van der Waals surface area contributed by atoms with E-state index in [9.17, 15) is 0 Å². The van der Waals surface area contributed by atoms with Gasteiger partial charge in [-0.25, -0.2) is 0 Å². The molecular weight excluding hydrogens is 352 g/mol. The highest BCUT2D eigenvalue weighted by molar-refractivity contribution is 5.61. The van der Waals surface area contributed by atoms with E-state index in [1.807, 2.05) is 13.0 Å². The largest absolute Gasteiger partial charge is 0.493 e. The number of nitrogens with zero attached hydrogens (tertiary/aromatic N) is 1. The van der Waals surface area contributed by atoms with Crippen molar-refractivity contribution in [2.45, 2.75) is 25.6 Å². The lowest BCUT2D eigenvalue weighted by atomic mass is 9.85. The zero-order valence-electron chi connectivity index (χ0n) is 16.4. The number of aryl methyl sites for hydroxylation is 1. The van der Waals surface area contributed by atoms with Gasteiger partial charge in [-0.1, -0.05) is 18.2 Å². The van der Waals surface area contributed by atoms with Gasteiger partial charge in [0.25, 0.3) is 0 Å². The van der Waals surface area contributed by atoms with Crippen molar-refractivity contribution in [3.05, 3.63) is 76.7 Å². The molecule has 2 aliphatic rings. The number of fused-ring (bicyclic) bond motifs is 5. The number of para-hydroxylation sites is 1. The molecule has 5 nitrogen and oxygen atoms in total. The molecule has 0 amide bonds. The summed E-state index contributed by atoms with van der Waals surface area (Å²) in [4.78, 5) is 2.48. The first-order chi connectivity index (χ1) is 13.7. The lowest BCUT2D eigenvalue weighted by molar-refractivity contribution is 0.136. The van der Waals surface area contributed by atoms with Crippen LogP contribution in [0.15, 0.2) is 52.9 Å². The molecule has 1 aromatic heterocycles. The fraction of sp³-hybridized carbons (Fsp3) is 0.304. The summed E-state index contributed by atoms with van der Waals surface area (Å²) >= 11 is 0. The zero-order chi connectivity index (χ0) is 19.3. The molecule has 3 aromatic rings. The molecule has 5 heteroatoms. The number of nitrogens with one attached hydrogen (secondary N) is 1. The number of benzene rings is 2. The highest BCUT2D eigenvalue weighted by Crippen LogP contribution is 2.48. The first kappa shape index (κ1) is 17.2. The maximum atomic E-state index is 6.01. The molecule has 5 rings (SSSR count). The monoisotopic (exact) mass is 376 g/mol. The summed E-state index contributed by atoms with van der Waals surface area (Å²) in [6, 6.07) is 17.0. The minimum Gasteiger partial charge on any atom is -0.493 e. The topological polar surface area (TPSA) is 46.9 Å². The van der Waals surface area contributed by atoms with E-state index in [4.69, 9.17) is 13.9 Å². The van der Waals surface area contributed by atoms with Crippen molar-refractivity contribution in [2.24, 2.45) is 0 Å². The Morgan fingerprint density at radius 2 is 1.79 bits per heavy atom. The third-order valence-electron chi connectivity index (χ3n) is 5.82. The van der Waals surface area contributed by atoms with Gasteiger partial charge < -0.3 is 19.2 Å². The lowest BCUT2D eigenvalue weighted by Gasteiger charge is -2.46. The van der Waals surface area contributed by atoms with Crippen LogP contribution in [0.4, 0.5) is 5.69 Å². The Kier molecular flexibility index (Phi) is 4.05. The Morgan fingerprint density at radius 3 is 2.54 bits per heavy atom. The Labute approximate surface area is 164 Å². The number of furan rings is 1. The Bertz CT molecular complexity index is 1030. The molecular formula is C23H24N2O3. The lowest BCUT2D eigenvalue weighted by Crippen LogP contribution is -2.45. The fourth-order valence-electron chi connectivity index (χ4n) is 4.52. The standard InChI is InChI=1S/C23H24N2O3/c1-14-8-9-19(28-14)23-24-18-7-5-4-6-16(18)22-17-13-21(27-3)20(26-2)12-15(17)10-11-25(22)23/h4-9,12-13,22-24H,10-11H2,1-3H3/t22-,23-/m0/s1. The third kappa shape index (κ3) is 2.58. The number of ether oxygens (including phenoxy) is 2. The molecule has 1 N–H and O–H groups in total. The van der Waals surface area contributed by atoms with E-state index in [1.54, 1.807) is 14.2 Å². The van der Waals surface area contributed by atoms with Gasteiger partial charge in [-0.05, 0) is 60.4 Å². The molecule has 28 heavy (non-hydrogen) atoms. The Balaban J connectivity index is 1.68. The van der Waals surface area contributed by atoms with Crippen LogP contribution in [0.25, 0.3) is 0 Å². The van der Waals surface area contributed by atoms with Crippen LogP contribution in [-0.2, 0) is 6.42 Å². The third-order valence-corrected chi connectivity index (χ3v) is 5.82. The van der Waals surface area contributed by atoms with E-state index in [2.05, 4.69) is 52.7 Å². The molecule has 0 fully saturated rings. The Morgan fingerprint density at radius 1 is 1.00 bits per heavy atom. The van der Waals surface area contributed by atoms with Crippen molar-refractivity contribution in [2.75, 3.05) is 26.1 Å². The summed E-state index contributed by atoms with van der Waals surface area (Å²) in [5.41, 5.74) is 5.00. The first-order valence-corrected chi connectivity index (χ1v) is 9.62. The normalized spacial score (nSPS) is 20.5. The summed E-state index contributed by atoms with van der Waals surface area (Å²) in [6.45, 7) is 2.92. The molecule has 0 bridgehead atoms. The summed E-state index contributed by atoms with van der Waals surface area (Å²) in [5.74, 6) is 3.43. The number of anilines is 1.